The van der Waals surface area contributed by atoms with E-state index in [-0.39, 0.29) is 6.04 Å². The van der Waals surface area contributed by atoms with Gasteiger partial charge >= 0.3 is 0 Å². The minimum Gasteiger partial charge on any atom is -0.497 e. The lowest BCUT2D eigenvalue weighted by Crippen LogP contribution is -2.30. The number of hydrogen-bond acceptors (Lipinski definition) is 2. The van der Waals surface area contributed by atoms with Crippen molar-refractivity contribution in [3.8, 4) is 5.75 Å². The van der Waals surface area contributed by atoms with Crippen LogP contribution in [0.3, 0.4) is 0 Å². The standard InChI is InChI=1S/C19H23NO/c1-3-5-14-6-4-7-16(12-14)19-18-13-17(21-2)9-8-15(18)10-11-20-19/h4,6-9,12-13,19-20H,3,5,10-11H2,1-2H3. The van der Waals surface area contributed by atoms with Crippen molar-refractivity contribution in [3.05, 3.63) is 64.7 Å². The lowest BCUT2D eigenvalue weighted by molar-refractivity contribution is 0.412. The van der Waals surface area contributed by atoms with E-state index in [9.17, 15) is 0 Å². The van der Waals surface area contributed by atoms with Crippen LogP contribution in [0.4, 0.5) is 0 Å². The van der Waals surface area contributed by atoms with Crippen LogP contribution >= 0.6 is 0 Å². The summed E-state index contributed by atoms with van der Waals surface area (Å²) in [5.74, 6) is 0.937. The van der Waals surface area contributed by atoms with Crippen LogP contribution in [0.2, 0.25) is 0 Å². The lowest BCUT2D eigenvalue weighted by Gasteiger charge is -2.28. The summed E-state index contributed by atoms with van der Waals surface area (Å²) in [6, 6.07) is 15.7. The molecule has 0 aromatic heterocycles. The second-order valence-corrected chi connectivity index (χ2v) is 5.70. The van der Waals surface area contributed by atoms with E-state index in [2.05, 4.69) is 54.7 Å². The first-order valence-electron chi connectivity index (χ1n) is 7.81. The van der Waals surface area contributed by atoms with Crippen molar-refractivity contribution in [1.82, 2.24) is 5.32 Å². The molecular formula is C19H23NO. The number of hydrogen-bond donors (Lipinski definition) is 1. The summed E-state index contributed by atoms with van der Waals surface area (Å²) in [4.78, 5) is 0. The minimum absolute atomic E-state index is 0.278. The van der Waals surface area contributed by atoms with E-state index in [0.717, 1.165) is 25.1 Å². The largest absolute Gasteiger partial charge is 0.497 e. The van der Waals surface area contributed by atoms with Crippen molar-refractivity contribution in [2.45, 2.75) is 32.2 Å². The van der Waals surface area contributed by atoms with Crippen LogP contribution in [-0.2, 0) is 12.8 Å². The van der Waals surface area contributed by atoms with E-state index < -0.39 is 0 Å². The van der Waals surface area contributed by atoms with Gasteiger partial charge in [0, 0.05) is 6.54 Å². The predicted octanol–water partition coefficient (Wildman–Crippen LogP) is 3.88. The summed E-state index contributed by atoms with van der Waals surface area (Å²) in [6.07, 6.45) is 3.42. The Labute approximate surface area is 127 Å². The van der Waals surface area contributed by atoms with Crippen molar-refractivity contribution in [2.75, 3.05) is 13.7 Å². The van der Waals surface area contributed by atoms with Gasteiger partial charge in [0.1, 0.15) is 5.75 Å². The van der Waals surface area contributed by atoms with Gasteiger partial charge in [-0.15, -0.1) is 0 Å². The van der Waals surface area contributed by atoms with E-state index in [1.807, 2.05) is 0 Å². The van der Waals surface area contributed by atoms with Gasteiger partial charge in [-0.05, 0) is 47.2 Å². The maximum absolute atomic E-state index is 5.40. The average molecular weight is 281 g/mol. The lowest BCUT2D eigenvalue weighted by atomic mass is 9.89. The molecule has 0 radical (unpaired) electrons. The molecule has 0 amide bonds. The van der Waals surface area contributed by atoms with Gasteiger partial charge < -0.3 is 10.1 Å². The fourth-order valence-corrected chi connectivity index (χ4v) is 3.17. The first-order valence-corrected chi connectivity index (χ1v) is 7.81. The van der Waals surface area contributed by atoms with Gasteiger partial charge in [-0.2, -0.15) is 0 Å². The third kappa shape index (κ3) is 2.96. The third-order valence-electron chi connectivity index (χ3n) is 4.23. The summed E-state index contributed by atoms with van der Waals surface area (Å²) < 4.78 is 5.40. The number of benzene rings is 2. The molecule has 0 saturated heterocycles. The molecule has 3 rings (SSSR count). The highest BCUT2D eigenvalue weighted by molar-refractivity contribution is 5.44. The van der Waals surface area contributed by atoms with Crippen molar-refractivity contribution >= 4 is 0 Å². The molecule has 21 heavy (non-hydrogen) atoms. The molecule has 0 saturated carbocycles. The van der Waals surface area contributed by atoms with Crippen LogP contribution in [0.15, 0.2) is 42.5 Å². The zero-order valence-corrected chi connectivity index (χ0v) is 12.9. The van der Waals surface area contributed by atoms with E-state index in [1.54, 1.807) is 7.11 Å². The molecule has 110 valence electrons. The Balaban J connectivity index is 1.99. The molecule has 2 aromatic rings. The molecular weight excluding hydrogens is 258 g/mol. The number of rotatable bonds is 4. The molecule has 0 aliphatic carbocycles. The Morgan fingerprint density at radius 3 is 2.90 bits per heavy atom. The van der Waals surface area contributed by atoms with Gasteiger partial charge in [0.25, 0.3) is 0 Å². The normalized spacial score (nSPS) is 17.3. The van der Waals surface area contributed by atoms with Gasteiger partial charge in [-0.25, -0.2) is 0 Å². The van der Waals surface area contributed by atoms with Crippen molar-refractivity contribution in [1.29, 1.82) is 0 Å². The van der Waals surface area contributed by atoms with E-state index in [1.165, 1.54) is 28.7 Å². The van der Waals surface area contributed by atoms with E-state index in [0.29, 0.717) is 0 Å². The molecule has 1 heterocycles. The van der Waals surface area contributed by atoms with Crippen LogP contribution in [0.25, 0.3) is 0 Å². The predicted molar refractivity (Wildman–Crippen MR) is 87.0 cm³/mol. The van der Waals surface area contributed by atoms with Gasteiger partial charge in [-0.1, -0.05) is 43.7 Å². The van der Waals surface area contributed by atoms with Gasteiger partial charge in [0.15, 0.2) is 0 Å². The molecule has 1 atom stereocenters. The number of aryl methyl sites for hydroxylation is 1. The smallest absolute Gasteiger partial charge is 0.119 e. The Morgan fingerprint density at radius 1 is 1.19 bits per heavy atom. The second kappa shape index (κ2) is 6.31. The molecule has 0 fully saturated rings. The molecule has 0 bridgehead atoms. The Bertz CT molecular complexity index is 621. The van der Waals surface area contributed by atoms with Crippen molar-refractivity contribution < 1.29 is 4.74 Å². The van der Waals surface area contributed by atoms with Crippen molar-refractivity contribution in [2.24, 2.45) is 0 Å². The molecule has 1 N–H and O–H groups in total. The third-order valence-corrected chi connectivity index (χ3v) is 4.23. The van der Waals surface area contributed by atoms with Crippen LogP contribution in [-0.4, -0.2) is 13.7 Å². The van der Waals surface area contributed by atoms with E-state index >= 15 is 0 Å². The highest BCUT2D eigenvalue weighted by atomic mass is 16.5. The molecule has 2 aromatic carbocycles. The summed E-state index contributed by atoms with van der Waals surface area (Å²) >= 11 is 0. The Kier molecular flexibility index (Phi) is 4.26. The average Bonchev–Trinajstić information content (AvgIpc) is 2.54. The monoisotopic (exact) mass is 281 g/mol. The highest BCUT2D eigenvalue weighted by Crippen LogP contribution is 2.31. The minimum atomic E-state index is 0.278. The zero-order valence-electron chi connectivity index (χ0n) is 12.9. The number of methoxy groups -OCH3 is 1. The second-order valence-electron chi connectivity index (χ2n) is 5.70. The number of fused-ring (bicyclic) bond motifs is 1. The number of nitrogens with one attached hydrogen (secondary N) is 1. The molecule has 2 nitrogen and oxygen atoms in total. The molecule has 2 heteroatoms. The topological polar surface area (TPSA) is 21.3 Å². The quantitative estimate of drug-likeness (QED) is 0.918. The molecule has 0 spiro atoms. The van der Waals surface area contributed by atoms with Crippen LogP contribution in [0.1, 0.15) is 41.6 Å². The fourth-order valence-electron chi connectivity index (χ4n) is 3.17. The Hall–Kier alpha value is -1.80. The summed E-state index contributed by atoms with van der Waals surface area (Å²) in [5.41, 5.74) is 5.57. The van der Waals surface area contributed by atoms with Crippen LogP contribution < -0.4 is 10.1 Å². The van der Waals surface area contributed by atoms with Crippen LogP contribution in [0.5, 0.6) is 5.75 Å². The first-order chi connectivity index (χ1) is 10.3. The Morgan fingerprint density at radius 2 is 2.10 bits per heavy atom. The summed E-state index contributed by atoms with van der Waals surface area (Å²) in [7, 11) is 1.73. The number of ether oxygens (including phenoxy) is 1. The molecule has 1 aliphatic rings. The fraction of sp³-hybridized carbons (Fsp3) is 0.368. The van der Waals surface area contributed by atoms with Gasteiger partial charge in [-0.3, -0.25) is 0 Å². The van der Waals surface area contributed by atoms with E-state index in [4.69, 9.17) is 4.74 Å². The maximum atomic E-state index is 5.40. The van der Waals surface area contributed by atoms with Gasteiger partial charge in [0.2, 0.25) is 0 Å². The SMILES string of the molecule is CCCc1cccc(C2NCCc3ccc(OC)cc32)c1. The molecule has 1 aliphatic heterocycles. The zero-order chi connectivity index (χ0) is 14.7. The van der Waals surface area contributed by atoms with Crippen LogP contribution in [0, 0.1) is 0 Å². The first kappa shape index (κ1) is 14.2. The van der Waals surface area contributed by atoms with Crippen molar-refractivity contribution in [3.63, 3.8) is 0 Å². The molecule has 1 unspecified atom stereocenters. The summed E-state index contributed by atoms with van der Waals surface area (Å²) in [5, 5.41) is 3.66. The maximum Gasteiger partial charge on any atom is 0.119 e. The highest BCUT2D eigenvalue weighted by Gasteiger charge is 2.21. The summed E-state index contributed by atoms with van der Waals surface area (Å²) in [6.45, 7) is 3.26. The van der Waals surface area contributed by atoms with Gasteiger partial charge in [0.05, 0.1) is 13.2 Å².